The number of hydrogen-bond donors (Lipinski definition) is 0. The Balaban J connectivity index is 1.67. The highest BCUT2D eigenvalue weighted by Crippen LogP contribution is 2.26. The molecule has 2 aromatic heterocycles. The highest BCUT2D eigenvalue weighted by atomic mass is 19.1. The minimum Gasteiger partial charge on any atom is -0.313 e. The summed E-state index contributed by atoms with van der Waals surface area (Å²) in [5.41, 5.74) is 3.91. The maximum atomic E-state index is 14.6. The number of aromatic nitrogens is 2. The Hall–Kier alpha value is -3.41. The molecule has 0 aliphatic heterocycles. The van der Waals surface area contributed by atoms with E-state index < -0.39 is 5.82 Å². The van der Waals surface area contributed by atoms with Crippen molar-refractivity contribution in [1.82, 2.24) is 9.97 Å². The molecular weight excluding hydrogens is 393 g/mol. The molecule has 0 spiro atoms. The van der Waals surface area contributed by atoms with Gasteiger partial charge >= 0.3 is 0 Å². The van der Waals surface area contributed by atoms with Crippen molar-refractivity contribution in [2.24, 2.45) is 0 Å². The number of carbonyl (C=O) groups is 2. The van der Waals surface area contributed by atoms with E-state index >= 15 is 0 Å². The number of hydrogen-bond acceptors (Lipinski definition) is 4. The average Bonchev–Trinajstić information content (AvgIpc) is 2.78. The van der Waals surface area contributed by atoms with Crippen molar-refractivity contribution < 1.29 is 14.0 Å². The zero-order valence-electron chi connectivity index (χ0n) is 18.1. The Morgan fingerprint density at radius 3 is 2.35 bits per heavy atom. The van der Waals surface area contributed by atoms with Crippen LogP contribution in [0.3, 0.4) is 0 Å². The predicted octanol–water partition coefficient (Wildman–Crippen LogP) is 5.17. The lowest BCUT2D eigenvalue weighted by Crippen LogP contribution is -2.26. The largest absolute Gasteiger partial charge is 0.313 e. The summed E-state index contributed by atoms with van der Waals surface area (Å²) in [4.78, 5) is 34.3. The summed E-state index contributed by atoms with van der Waals surface area (Å²) in [7, 11) is 1.57. The molecule has 1 aromatic carbocycles. The molecule has 0 saturated carbocycles. The number of nitrogens with zero attached hydrogens (tertiary/aromatic N) is 3. The number of ketones is 1. The number of carbonyl (C=O) groups excluding carboxylic acids is 2. The Bertz CT molecular complexity index is 1060. The summed E-state index contributed by atoms with van der Waals surface area (Å²) in [6.07, 6.45) is 5.38. The zero-order valence-corrected chi connectivity index (χ0v) is 18.1. The monoisotopic (exact) mass is 419 g/mol. The van der Waals surface area contributed by atoms with Crippen LogP contribution >= 0.6 is 0 Å². The number of benzene rings is 1. The number of pyridine rings is 2. The van der Waals surface area contributed by atoms with Crippen molar-refractivity contribution in [2.45, 2.75) is 39.5 Å². The Labute approximate surface area is 182 Å². The van der Waals surface area contributed by atoms with Gasteiger partial charge in [0.1, 0.15) is 11.5 Å². The molecule has 0 saturated heterocycles. The molecule has 0 aliphatic rings. The lowest BCUT2D eigenvalue weighted by atomic mass is 10.0. The molecular formula is C25H26FN3O2. The predicted molar refractivity (Wildman–Crippen MR) is 120 cm³/mol. The minimum atomic E-state index is -0.476. The number of amides is 1. The second-order valence-electron chi connectivity index (χ2n) is 7.53. The Kier molecular flexibility index (Phi) is 7.23. The van der Waals surface area contributed by atoms with E-state index in [9.17, 15) is 14.0 Å². The van der Waals surface area contributed by atoms with Crippen molar-refractivity contribution in [3.05, 3.63) is 77.6 Å². The van der Waals surface area contributed by atoms with Crippen LogP contribution in [0.2, 0.25) is 0 Å². The molecule has 0 aliphatic carbocycles. The van der Waals surface area contributed by atoms with Gasteiger partial charge in [-0.15, -0.1) is 0 Å². The van der Waals surface area contributed by atoms with Crippen LogP contribution in [0.4, 0.5) is 10.1 Å². The van der Waals surface area contributed by atoms with Gasteiger partial charge in [0.2, 0.25) is 5.91 Å². The van der Waals surface area contributed by atoms with Crippen LogP contribution < -0.4 is 4.90 Å². The van der Waals surface area contributed by atoms with Gasteiger partial charge in [-0.2, -0.15) is 0 Å². The molecule has 0 fully saturated rings. The molecule has 0 bridgehead atoms. The topological polar surface area (TPSA) is 63.2 Å². The number of Topliss-reactive ketones (excluding diaryl/α,β-unsaturated/α-hetero) is 1. The van der Waals surface area contributed by atoms with Gasteiger partial charge in [0.25, 0.3) is 0 Å². The normalized spacial score (nSPS) is 10.7. The van der Waals surface area contributed by atoms with Crippen LogP contribution in [0.15, 0.2) is 54.9 Å². The molecule has 31 heavy (non-hydrogen) atoms. The van der Waals surface area contributed by atoms with Gasteiger partial charge in [-0.25, -0.2) is 4.39 Å². The van der Waals surface area contributed by atoms with E-state index in [-0.39, 0.29) is 17.4 Å². The van der Waals surface area contributed by atoms with Crippen LogP contribution in [-0.2, 0) is 11.2 Å². The maximum absolute atomic E-state index is 14.6. The van der Waals surface area contributed by atoms with Crippen LogP contribution in [0.25, 0.3) is 11.1 Å². The first-order valence-electron chi connectivity index (χ1n) is 10.4. The third-order valence-corrected chi connectivity index (χ3v) is 5.14. The van der Waals surface area contributed by atoms with Gasteiger partial charge in [0, 0.05) is 43.5 Å². The first-order valence-corrected chi connectivity index (χ1v) is 10.4. The molecule has 5 nitrogen and oxygen atoms in total. The van der Waals surface area contributed by atoms with E-state index in [0.717, 1.165) is 11.3 Å². The quantitative estimate of drug-likeness (QED) is 0.473. The highest BCUT2D eigenvalue weighted by molar-refractivity contribution is 5.95. The molecule has 2 heterocycles. The van der Waals surface area contributed by atoms with Crippen LogP contribution in [-0.4, -0.2) is 28.7 Å². The molecule has 1 amide bonds. The molecule has 6 heteroatoms. The molecule has 160 valence electrons. The zero-order chi connectivity index (χ0) is 22.4. The summed E-state index contributed by atoms with van der Waals surface area (Å²) in [5.74, 6) is -0.652. The average molecular weight is 420 g/mol. The van der Waals surface area contributed by atoms with E-state index in [0.29, 0.717) is 42.5 Å². The van der Waals surface area contributed by atoms with Gasteiger partial charge in [-0.05, 0) is 55.2 Å². The highest BCUT2D eigenvalue weighted by Gasteiger charge is 2.15. The van der Waals surface area contributed by atoms with Crippen molar-refractivity contribution in [3.8, 4) is 11.1 Å². The van der Waals surface area contributed by atoms with E-state index in [2.05, 4.69) is 9.97 Å². The SMILES string of the molecule is CCCC(=O)N(C)c1ccc(-c2ccc(C(=O)CCc3ccc(C)nc3)nc2)cc1F. The summed E-state index contributed by atoms with van der Waals surface area (Å²) in [5, 5.41) is 0. The number of anilines is 1. The van der Waals surface area contributed by atoms with Crippen molar-refractivity contribution in [2.75, 3.05) is 11.9 Å². The van der Waals surface area contributed by atoms with Gasteiger partial charge in [0.15, 0.2) is 5.78 Å². The van der Waals surface area contributed by atoms with E-state index in [1.807, 2.05) is 26.0 Å². The third-order valence-electron chi connectivity index (χ3n) is 5.14. The number of rotatable bonds is 8. The number of aryl methyl sites for hydroxylation is 2. The maximum Gasteiger partial charge on any atom is 0.226 e. The Morgan fingerprint density at radius 2 is 1.74 bits per heavy atom. The summed E-state index contributed by atoms with van der Waals surface area (Å²) in [6.45, 7) is 3.83. The fourth-order valence-corrected chi connectivity index (χ4v) is 3.24. The molecule has 0 atom stereocenters. The van der Waals surface area contributed by atoms with Gasteiger partial charge in [0.05, 0.1) is 5.69 Å². The van der Waals surface area contributed by atoms with Crippen LogP contribution in [0.1, 0.15) is 47.9 Å². The summed E-state index contributed by atoms with van der Waals surface area (Å²) >= 11 is 0. The van der Waals surface area contributed by atoms with Gasteiger partial charge in [-0.3, -0.25) is 19.6 Å². The van der Waals surface area contributed by atoms with E-state index in [4.69, 9.17) is 0 Å². The minimum absolute atomic E-state index is 0.0512. The number of halogens is 1. The first kappa shape index (κ1) is 22.3. The lowest BCUT2D eigenvalue weighted by Gasteiger charge is -2.18. The Morgan fingerprint density at radius 1 is 0.968 bits per heavy atom. The summed E-state index contributed by atoms with van der Waals surface area (Å²) in [6, 6.07) is 12.0. The van der Waals surface area contributed by atoms with Gasteiger partial charge < -0.3 is 4.90 Å². The molecule has 3 aromatic rings. The fourth-order valence-electron chi connectivity index (χ4n) is 3.24. The van der Waals surface area contributed by atoms with Gasteiger partial charge in [-0.1, -0.05) is 25.1 Å². The molecule has 3 rings (SSSR count). The van der Waals surface area contributed by atoms with Crippen LogP contribution in [0.5, 0.6) is 0 Å². The van der Waals surface area contributed by atoms with Crippen LogP contribution in [0, 0.1) is 12.7 Å². The standard InChI is InChI=1S/C25H26FN3O2/c1-4-5-25(31)29(3)23-12-10-19(14-21(23)26)20-9-11-22(28-16-20)24(30)13-8-18-7-6-17(2)27-15-18/h6-7,9-12,14-16H,4-5,8,13H2,1-3H3. The van der Waals surface area contributed by atoms with Crippen molar-refractivity contribution >= 4 is 17.4 Å². The second-order valence-corrected chi connectivity index (χ2v) is 7.53. The smallest absolute Gasteiger partial charge is 0.226 e. The summed E-state index contributed by atoms with van der Waals surface area (Å²) < 4.78 is 14.6. The fraction of sp³-hybridized carbons (Fsp3) is 0.280. The molecule has 0 N–H and O–H groups in total. The van der Waals surface area contributed by atoms with Crippen molar-refractivity contribution in [3.63, 3.8) is 0 Å². The molecule has 0 unspecified atom stereocenters. The molecule has 0 radical (unpaired) electrons. The van der Waals surface area contributed by atoms with E-state index in [1.54, 1.807) is 43.7 Å². The van der Waals surface area contributed by atoms with E-state index in [1.165, 1.54) is 11.0 Å². The lowest BCUT2D eigenvalue weighted by molar-refractivity contribution is -0.118. The van der Waals surface area contributed by atoms with Crippen molar-refractivity contribution in [1.29, 1.82) is 0 Å². The second kappa shape index (κ2) is 10.1. The first-order chi connectivity index (χ1) is 14.9. The third kappa shape index (κ3) is 5.60.